The van der Waals surface area contributed by atoms with Gasteiger partial charge in [-0.3, -0.25) is 4.79 Å². The molecule has 1 aliphatic carbocycles. The van der Waals surface area contributed by atoms with Gasteiger partial charge in [0.25, 0.3) is 0 Å². The first-order valence-electron chi connectivity index (χ1n) is 7.50. The van der Waals surface area contributed by atoms with Crippen LogP contribution in [0, 0.1) is 6.92 Å². The minimum atomic E-state index is -0.777. The highest BCUT2D eigenvalue weighted by Crippen LogP contribution is 2.40. The monoisotopic (exact) mass is 280 g/mol. The van der Waals surface area contributed by atoms with E-state index in [1.165, 1.54) is 11.1 Å². The fourth-order valence-corrected chi connectivity index (χ4v) is 3.54. The maximum atomic E-state index is 12.2. The molecule has 0 saturated carbocycles. The molecular weight excluding hydrogens is 260 g/mol. The lowest BCUT2D eigenvalue weighted by atomic mass is 9.66. The third-order valence-electron chi connectivity index (χ3n) is 4.75. The van der Waals surface area contributed by atoms with E-state index < -0.39 is 11.4 Å². The van der Waals surface area contributed by atoms with E-state index in [2.05, 4.69) is 25.1 Å². The van der Waals surface area contributed by atoms with Crippen molar-refractivity contribution >= 4 is 5.97 Å². The van der Waals surface area contributed by atoms with Gasteiger partial charge >= 0.3 is 5.97 Å². The van der Waals surface area contributed by atoms with Crippen molar-refractivity contribution in [2.24, 2.45) is 0 Å². The SMILES string of the molecule is Cc1ccccc1CC1(C(=O)O)CCCc2ccccc21. The molecule has 21 heavy (non-hydrogen) atoms. The van der Waals surface area contributed by atoms with E-state index in [1.807, 2.05) is 30.3 Å². The number of fused-ring (bicyclic) bond motifs is 1. The van der Waals surface area contributed by atoms with Gasteiger partial charge in [-0.15, -0.1) is 0 Å². The third-order valence-corrected chi connectivity index (χ3v) is 4.75. The van der Waals surface area contributed by atoms with Crippen LogP contribution in [0.1, 0.15) is 35.1 Å². The van der Waals surface area contributed by atoms with Crippen molar-refractivity contribution in [1.29, 1.82) is 0 Å². The lowest BCUT2D eigenvalue weighted by Gasteiger charge is -2.36. The smallest absolute Gasteiger partial charge is 0.314 e. The van der Waals surface area contributed by atoms with Crippen molar-refractivity contribution in [1.82, 2.24) is 0 Å². The molecule has 2 nitrogen and oxygen atoms in total. The van der Waals surface area contributed by atoms with Gasteiger partial charge < -0.3 is 5.11 Å². The Morgan fingerprint density at radius 2 is 1.86 bits per heavy atom. The van der Waals surface area contributed by atoms with Crippen LogP contribution in [0.15, 0.2) is 48.5 Å². The normalized spacial score (nSPS) is 20.8. The van der Waals surface area contributed by atoms with Crippen LogP contribution in [0.2, 0.25) is 0 Å². The van der Waals surface area contributed by atoms with Gasteiger partial charge in [-0.05, 0) is 54.9 Å². The molecule has 0 bridgehead atoms. The lowest BCUT2D eigenvalue weighted by Crippen LogP contribution is -2.41. The van der Waals surface area contributed by atoms with Crippen LogP contribution in [0.5, 0.6) is 0 Å². The number of hydrogen-bond acceptors (Lipinski definition) is 1. The van der Waals surface area contributed by atoms with Gasteiger partial charge in [0.2, 0.25) is 0 Å². The van der Waals surface area contributed by atoms with Crippen LogP contribution in [0.4, 0.5) is 0 Å². The Hall–Kier alpha value is -2.09. The Morgan fingerprint density at radius 1 is 1.14 bits per heavy atom. The fourth-order valence-electron chi connectivity index (χ4n) is 3.54. The first-order chi connectivity index (χ1) is 10.1. The predicted octanol–water partition coefficient (Wildman–Crippen LogP) is 3.90. The van der Waals surface area contributed by atoms with E-state index in [4.69, 9.17) is 0 Å². The van der Waals surface area contributed by atoms with E-state index in [-0.39, 0.29) is 0 Å². The fraction of sp³-hybridized carbons (Fsp3) is 0.316. The number of carboxylic acids is 1. The van der Waals surface area contributed by atoms with Crippen LogP contribution >= 0.6 is 0 Å². The van der Waals surface area contributed by atoms with Crippen LogP contribution in [0.25, 0.3) is 0 Å². The van der Waals surface area contributed by atoms with E-state index in [9.17, 15) is 9.90 Å². The molecular formula is C19H20O2. The molecule has 108 valence electrons. The van der Waals surface area contributed by atoms with Gasteiger partial charge in [0.1, 0.15) is 0 Å². The first-order valence-corrected chi connectivity index (χ1v) is 7.50. The van der Waals surface area contributed by atoms with E-state index in [0.717, 1.165) is 24.0 Å². The van der Waals surface area contributed by atoms with E-state index in [0.29, 0.717) is 12.8 Å². The second-order valence-electron chi connectivity index (χ2n) is 6.00. The molecule has 1 aliphatic rings. The summed E-state index contributed by atoms with van der Waals surface area (Å²) in [6.07, 6.45) is 3.22. The number of hydrogen-bond donors (Lipinski definition) is 1. The quantitative estimate of drug-likeness (QED) is 0.926. The summed E-state index contributed by atoms with van der Waals surface area (Å²) in [5.74, 6) is -0.696. The minimum Gasteiger partial charge on any atom is -0.481 e. The average molecular weight is 280 g/mol. The second-order valence-corrected chi connectivity index (χ2v) is 6.00. The Labute approximate surface area is 125 Å². The Balaban J connectivity index is 2.11. The Kier molecular flexibility index (Phi) is 3.54. The summed E-state index contributed by atoms with van der Waals surface area (Å²) < 4.78 is 0. The first kappa shape index (κ1) is 13.9. The highest BCUT2D eigenvalue weighted by molar-refractivity contribution is 5.83. The zero-order valence-corrected chi connectivity index (χ0v) is 12.3. The standard InChI is InChI=1S/C19H20O2/c1-14-7-2-3-9-16(14)13-19(18(20)21)12-6-10-15-8-4-5-11-17(15)19/h2-5,7-9,11H,6,10,12-13H2,1H3,(H,20,21). The third kappa shape index (κ3) is 2.35. The summed E-state index contributed by atoms with van der Waals surface area (Å²) in [4.78, 5) is 12.2. The van der Waals surface area contributed by atoms with E-state index in [1.54, 1.807) is 0 Å². The number of carbonyl (C=O) groups is 1. The molecule has 0 heterocycles. The molecule has 0 saturated heterocycles. The van der Waals surface area contributed by atoms with Crippen molar-refractivity contribution in [3.05, 3.63) is 70.8 Å². The molecule has 0 aromatic heterocycles. The molecule has 2 aromatic rings. The topological polar surface area (TPSA) is 37.3 Å². The molecule has 0 amide bonds. The Bertz CT molecular complexity index is 675. The maximum Gasteiger partial charge on any atom is 0.314 e. The van der Waals surface area contributed by atoms with E-state index >= 15 is 0 Å². The molecule has 3 rings (SSSR count). The summed E-state index contributed by atoms with van der Waals surface area (Å²) >= 11 is 0. The number of carboxylic acid groups (broad SMARTS) is 1. The summed E-state index contributed by atoms with van der Waals surface area (Å²) in [7, 11) is 0. The lowest BCUT2D eigenvalue weighted by molar-refractivity contribution is -0.144. The molecule has 0 fully saturated rings. The summed E-state index contributed by atoms with van der Waals surface area (Å²) in [6, 6.07) is 16.1. The largest absolute Gasteiger partial charge is 0.481 e. The number of rotatable bonds is 3. The van der Waals surface area contributed by atoms with Crippen LogP contribution in [-0.2, 0) is 23.1 Å². The zero-order valence-electron chi connectivity index (χ0n) is 12.3. The molecule has 2 heteroatoms. The van der Waals surface area contributed by atoms with Crippen LogP contribution in [-0.4, -0.2) is 11.1 Å². The number of aryl methyl sites for hydroxylation is 2. The van der Waals surface area contributed by atoms with Gasteiger partial charge in [0.15, 0.2) is 0 Å². The minimum absolute atomic E-state index is 0.575. The van der Waals surface area contributed by atoms with Gasteiger partial charge in [-0.2, -0.15) is 0 Å². The maximum absolute atomic E-state index is 12.2. The number of benzene rings is 2. The molecule has 0 aliphatic heterocycles. The summed E-state index contributed by atoms with van der Waals surface area (Å²) in [6.45, 7) is 2.06. The van der Waals surface area contributed by atoms with Crippen molar-refractivity contribution in [2.75, 3.05) is 0 Å². The van der Waals surface area contributed by atoms with Crippen LogP contribution < -0.4 is 0 Å². The van der Waals surface area contributed by atoms with Gasteiger partial charge in [-0.1, -0.05) is 48.5 Å². The molecule has 1 N–H and O–H groups in total. The van der Waals surface area contributed by atoms with Gasteiger partial charge in [0, 0.05) is 0 Å². The van der Waals surface area contributed by atoms with Crippen molar-refractivity contribution in [3.63, 3.8) is 0 Å². The zero-order chi connectivity index (χ0) is 14.9. The average Bonchev–Trinajstić information content (AvgIpc) is 2.49. The van der Waals surface area contributed by atoms with Crippen molar-refractivity contribution in [2.45, 2.75) is 38.0 Å². The predicted molar refractivity (Wildman–Crippen MR) is 83.6 cm³/mol. The molecule has 2 aromatic carbocycles. The van der Waals surface area contributed by atoms with Gasteiger partial charge in [0.05, 0.1) is 5.41 Å². The molecule has 0 spiro atoms. The summed E-state index contributed by atoms with van der Waals surface area (Å²) in [5.41, 5.74) is 3.73. The second kappa shape index (κ2) is 5.36. The molecule has 0 radical (unpaired) electrons. The van der Waals surface area contributed by atoms with Crippen molar-refractivity contribution in [3.8, 4) is 0 Å². The molecule has 1 unspecified atom stereocenters. The van der Waals surface area contributed by atoms with Crippen LogP contribution in [0.3, 0.4) is 0 Å². The highest BCUT2D eigenvalue weighted by Gasteiger charge is 2.43. The molecule has 1 atom stereocenters. The summed E-state index contributed by atoms with van der Waals surface area (Å²) in [5, 5.41) is 9.99. The number of aliphatic carboxylic acids is 1. The Morgan fingerprint density at radius 3 is 2.62 bits per heavy atom. The van der Waals surface area contributed by atoms with Crippen molar-refractivity contribution < 1.29 is 9.90 Å². The highest BCUT2D eigenvalue weighted by atomic mass is 16.4. The van der Waals surface area contributed by atoms with Gasteiger partial charge in [-0.25, -0.2) is 0 Å².